The van der Waals surface area contributed by atoms with Crippen molar-refractivity contribution in [1.29, 1.82) is 0 Å². The van der Waals surface area contributed by atoms with Gasteiger partial charge in [-0.05, 0) is 31.0 Å². The van der Waals surface area contributed by atoms with Gasteiger partial charge >= 0.3 is 0 Å². The molecule has 8 heteroatoms. The summed E-state index contributed by atoms with van der Waals surface area (Å²) in [5.74, 6) is -0.0286. The zero-order chi connectivity index (χ0) is 14.7. The molecule has 0 aromatic heterocycles. The highest BCUT2D eigenvalue weighted by atomic mass is 35.5. The average Bonchev–Trinajstić information content (AvgIpc) is 3.27. The minimum atomic E-state index is -0.0286. The first kappa shape index (κ1) is 20.3. The number of halogens is 3. The van der Waals surface area contributed by atoms with Crippen LogP contribution in [0.5, 0.6) is 0 Å². The van der Waals surface area contributed by atoms with Gasteiger partial charge in [0.25, 0.3) is 0 Å². The molecule has 1 aromatic carbocycles. The summed E-state index contributed by atoms with van der Waals surface area (Å²) >= 11 is 6.03. The van der Waals surface area contributed by atoms with Crippen molar-refractivity contribution in [1.82, 2.24) is 5.32 Å². The lowest BCUT2D eigenvalue weighted by atomic mass is 10.2. The van der Waals surface area contributed by atoms with Gasteiger partial charge in [-0.2, -0.15) is 0 Å². The van der Waals surface area contributed by atoms with Crippen molar-refractivity contribution in [2.45, 2.75) is 31.3 Å². The summed E-state index contributed by atoms with van der Waals surface area (Å²) in [7, 11) is 0. The van der Waals surface area contributed by atoms with E-state index in [0.29, 0.717) is 30.7 Å². The Hall–Kier alpha value is -0.720. The molecule has 1 aliphatic heterocycles. The van der Waals surface area contributed by atoms with Gasteiger partial charge in [0, 0.05) is 30.1 Å². The summed E-state index contributed by atoms with van der Waals surface area (Å²) < 4.78 is 5.36. The van der Waals surface area contributed by atoms with Crippen molar-refractivity contribution in [3.05, 3.63) is 23.2 Å². The van der Waals surface area contributed by atoms with E-state index in [-0.39, 0.29) is 36.8 Å². The second-order valence-electron chi connectivity index (χ2n) is 5.59. The molecule has 1 saturated carbocycles. The maximum atomic E-state index is 12.2. The fourth-order valence-electron chi connectivity index (χ4n) is 2.37. The first-order valence-corrected chi connectivity index (χ1v) is 7.75. The minimum absolute atomic E-state index is 0. The fourth-order valence-corrected chi connectivity index (χ4v) is 2.54. The second-order valence-corrected chi connectivity index (χ2v) is 6.02. The molecule has 0 radical (unpaired) electrons. The van der Waals surface area contributed by atoms with Gasteiger partial charge in [-0.1, -0.05) is 11.6 Å². The van der Waals surface area contributed by atoms with Crippen LogP contribution in [0.2, 0.25) is 5.02 Å². The maximum Gasteiger partial charge on any atom is 0.226 e. The van der Waals surface area contributed by atoms with Gasteiger partial charge in [0.15, 0.2) is 0 Å². The Morgan fingerprint density at radius 2 is 2.09 bits per heavy atom. The number of morpholine rings is 1. The summed E-state index contributed by atoms with van der Waals surface area (Å²) in [6.07, 6.45) is 2.76. The molecule has 1 saturated heterocycles. The number of anilines is 2. The second kappa shape index (κ2) is 9.55. The van der Waals surface area contributed by atoms with E-state index in [4.69, 9.17) is 16.3 Å². The minimum Gasteiger partial charge on any atom is -0.381 e. The van der Waals surface area contributed by atoms with Crippen molar-refractivity contribution < 1.29 is 9.53 Å². The lowest BCUT2D eigenvalue weighted by molar-refractivity contribution is -0.117. The Morgan fingerprint density at radius 1 is 1.30 bits per heavy atom. The predicted octanol–water partition coefficient (Wildman–Crippen LogP) is 3.07. The molecular weight excluding hydrogens is 361 g/mol. The van der Waals surface area contributed by atoms with Crippen LogP contribution in [0.3, 0.4) is 0 Å². The normalized spacial score (nSPS) is 20.0. The fraction of sp³-hybridized carbons (Fsp3) is 0.533. The molecule has 1 heterocycles. The Bertz CT molecular complexity index is 521. The Morgan fingerprint density at radius 3 is 2.74 bits per heavy atom. The smallest absolute Gasteiger partial charge is 0.226 e. The van der Waals surface area contributed by atoms with Crippen LogP contribution in [-0.2, 0) is 9.53 Å². The number of benzene rings is 1. The van der Waals surface area contributed by atoms with E-state index in [1.54, 1.807) is 6.07 Å². The Balaban J connectivity index is 0.00000132. The molecular formula is C15H22Cl3N3O2. The number of nitrogens with one attached hydrogen (secondary N) is 3. The number of carbonyl (C=O) groups excluding carboxylic acids is 1. The van der Waals surface area contributed by atoms with Crippen LogP contribution >= 0.6 is 36.4 Å². The van der Waals surface area contributed by atoms with Crippen LogP contribution in [0.4, 0.5) is 11.4 Å². The average molecular weight is 383 g/mol. The molecule has 1 aliphatic carbocycles. The topological polar surface area (TPSA) is 62.4 Å². The van der Waals surface area contributed by atoms with Gasteiger partial charge in [-0.25, -0.2) is 0 Å². The molecule has 2 aliphatic rings. The van der Waals surface area contributed by atoms with Gasteiger partial charge < -0.3 is 20.7 Å². The van der Waals surface area contributed by atoms with Crippen LogP contribution in [0.1, 0.15) is 19.3 Å². The lowest BCUT2D eigenvalue weighted by Crippen LogP contribution is -2.43. The molecule has 130 valence electrons. The highest BCUT2D eigenvalue weighted by Crippen LogP contribution is 2.31. The van der Waals surface area contributed by atoms with Crippen molar-refractivity contribution in [2.24, 2.45) is 0 Å². The van der Waals surface area contributed by atoms with Crippen molar-refractivity contribution >= 4 is 53.7 Å². The Kier molecular flexibility index (Phi) is 8.44. The molecule has 3 rings (SSSR count). The number of hydrogen-bond donors (Lipinski definition) is 3. The van der Waals surface area contributed by atoms with Gasteiger partial charge in [-0.3, -0.25) is 4.79 Å². The van der Waals surface area contributed by atoms with Crippen molar-refractivity contribution in [3.63, 3.8) is 0 Å². The number of hydrogen-bond acceptors (Lipinski definition) is 4. The van der Waals surface area contributed by atoms with Crippen LogP contribution in [0, 0.1) is 0 Å². The molecule has 23 heavy (non-hydrogen) atoms. The third kappa shape index (κ3) is 6.36. The summed E-state index contributed by atoms with van der Waals surface area (Å²) in [6.45, 7) is 2.08. The van der Waals surface area contributed by atoms with Gasteiger partial charge in [-0.15, -0.1) is 24.8 Å². The Labute approximate surface area is 153 Å². The standard InChI is InChI=1S/C15H20ClN3O2.2ClH/c16-10-1-4-13(18-11-2-3-11)14(7-10)19-15(20)8-12-9-21-6-5-17-12;;/h1,4,7,11-12,17-18H,2-3,5-6,8-9H2,(H,19,20);2*1H. The van der Waals surface area contributed by atoms with Crippen LogP contribution < -0.4 is 16.0 Å². The summed E-state index contributed by atoms with van der Waals surface area (Å²) in [4.78, 5) is 12.2. The quantitative estimate of drug-likeness (QED) is 0.732. The highest BCUT2D eigenvalue weighted by Gasteiger charge is 2.23. The third-order valence-corrected chi connectivity index (χ3v) is 3.86. The van der Waals surface area contributed by atoms with E-state index in [9.17, 15) is 4.79 Å². The molecule has 2 fully saturated rings. The van der Waals surface area contributed by atoms with Crippen molar-refractivity contribution in [2.75, 3.05) is 30.4 Å². The first-order valence-electron chi connectivity index (χ1n) is 7.38. The van der Waals surface area contributed by atoms with Gasteiger partial charge in [0.05, 0.1) is 24.6 Å². The molecule has 1 atom stereocenters. The molecule has 0 bridgehead atoms. The molecule has 5 nitrogen and oxygen atoms in total. The monoisotopic (exact) mass is 381 g/mol. The van der Waals surface area contributed by atoms with Crippen LogP contribution in [0.25, 0.3) is 0 Å². The number of ether oxygens (including phenoxy) is 1. The maximum absolute atomic E-state index is 12.2. The summed E-state index contributed by atoms with van der Waals surface area (Å²) in [6, 6.07) is 6.14. The number of rotatable bonds is 5. The molecule has 1 unspecified atom stereocenters. The zero-order valence-corrected chi connectivity index (χ0v) is 15.0. The predicted molar refractivity (Wildman–Crippen MR) is 98.4 cm³/mol. The van der Waals surface area contributed by atoms with Crippen molar-refractivity contribution in [3.8, 4) is 0 Å². The largest absolute Gasteiger partial charge is 0.381 e. The molecule has 0 spiro atoms. The molecule has 1 aromatic rings. The zero-order valence-electron chi connectivity index (χ0n) is 12.6. The lowest BCUT2D eigenvalue weighted by Gasteiger charge is -2.23. The third-order valence-electron chi connectivity index (χ3n) is 3.62. The first-order chi connectivity index (χ1) is 10.2. The van der Waals surface area contributed by atoms with Gasteiger partial charge in [0.1, 0.15) is 0 Å². The molecule has 1 amide bonds. The highest BCUT2D eigenvalue weighted by molar-refractivity contribution is 6.31. The molecule has 3 N–H and O–H groups in total. The summed E-state index contributed by atoms with van der Waals surface area (Å²) in [5.41, 5.74) is 1.68. The van der Waals surface area contributed by atoms with Crippen LogP contribution in [0.15, 0.2) is 18.2 Å². The number of amides is 1. The van der Waals surface area contributed by atoms with E-state index in [1.807, 2.05) is 12.1 Å². The van der Waals surface area contributed by atoms with E-state index >= 15 is 0 Å². The summed E-state index contributed by atoms with van der Waals surface area (Å²) in [5, 5.41) is 10.3. The van der Waals surface area contributed by atoms with E-state index in [0.717, 1.165) is 17.9 Å². The number of carbonyl (C=O) groups is 1. The van der Waals surface area contributed by atoms with E-state index in [1.165, 1.54) is 12.8 Å². The van der Waals surface area contributed by atoms with Crippen LogP contribution in [-0.4, -0.2) is 37.7 Å². The van der Waals surface area contributed by atoms with E-state index < -0.39 is 0 Å². The SMILES string of the molecule is Cl.Cl.O=C(CC1COCCN1)Nc1cc(Cl)ccc1NC1CC1. The van der Waals surface area contributed by atoms with E-state index in [2.05, 4.69) is 16.0 Å². The van der Waals surface area contributed by atoms with Gasteiger partial charge in [0.2, 0.25) is 5.91 Å².